The summed E-state index contributed by atoms with van der Waals surface area (Å²) in [5, 5.41) is 18.4. The first-order chi connectivity index (χ1) is 10.8. The number of aromatic nitrogens is 1. The number of halogens is 1. The second-order valence-electron chi connectivity index (χ2n) is 4.25. The Hall–Kier alpha value is -2.14. The number of H-pyrrole nitrogens is 1. The van der Waals surface area contributed by atoms with E-state index in [-0.39, 0.29) is 11.7 Å². The summed E-state index contributed by atoms with van der Waals surface area (Å²) in [6.45, 7) is 0. The Kier molecular flexibility index (Phi) is 5.72. The number of azo groups is 1. The molecule has 2 N–H and O–H groups in total. The second-order valence-corrected chi connectivity index (χ2v) is 4.25. The number of nitrogens with one attached hydrogen (secondary N) is 1. The molecule has 0 fully saturated rings. The van der Waals surface area contributed by atoms with Gasteiger partial charge in [0, 0.05) is 11.0 Å². The predicted octanol–water partition coefficient (Wildman–Crippen LogP) is 4.22. The topological polar surface area (TPSA) is 77.8 Å². The van der Waals surface area contributed by atoms with Crippen molar-refractivity contribution in [2.75, 3.05) is 0 Å². The monoisotopic (exact) mass is 363 g/mol. The van der Waals surface area contributed by atoms with E-state index in [1.165, 1.54) is 12.3 Å². The third-order valence-electron chi connectivity index (χ3n) is 2.93. The molecule has 0 radical (unpaired) electrons. The molecule has 0 atom stereocenters. The SMILES string of the molecule is O=C1C=CC=C/C1=C/N=Nc1c(O)[nH]c2ccccc12.[Cl][Cu]. The molecule has 0 saturated carbocycles. The first-order valence-electron chi connectivity index (χ1n) is 6.17. The van der Waals surface area contributed by atoms with Crippen molar-refractivity contribution in [1.82, 2.24) is 4.98 Å². The Balaban J connectivity index is 0.000000847. The number of hydrogen-bond donors (Lipinski definition) is 2. The Bertz CT molecular complexity index is 806. The van der Waals surface area contributed by atoms with Crippen LogP contribution in [0.4, 0.5) is 5.69 Å². The van der Waals surface area contributed by atoms with Crippen LogP contribution in [0.3, 0.4) is 0 Å². The average molecular weight is 364 g/mol. The zero-order chi connectivity index (χ0) is 15.9. The number of carbonyl (C=O) groups is 1. The molecule has 1 aliphatic rings. The van der Waals surface area contributed by atoms with Crippen LogP contribution in [-0.4, -0.2) is 15.9 Å². The second kappa shape index (κ2) is 7.75. The third kappa shape index (κ3) is 3.54. The number of aromatic hydroxyl groups is 1. The van der Waals surface area contributed by atoms with Crippen LogP contribution in [0.2, 0.25) is 0 Å². The van der Waals surface area contributed by atoms with Crippen LogP contribution in [0.1, 0.15) is 0 Å². The number of carbonyl (C=O) groups excluding carboxylic acids is 1. The number of aromatic amines is 1. The summed E-state index contributed by atoms with van der Waals surface area (Å²) in [4.78, 5) is 14.3. The van der Waals surface area contributed by atoms with Gasteiger partial charge in [-0.05, 0) is 18.2 Å². The first kappa shape index (κ1) is 16.2. The summed E-state index contributed by atoms with van der Waals surface area (Å²) >= 11 is 3.66. The number of hydrogen-bond acceptors (Lipinski definition) is 4. The molecule has 1 aromatic heterocycles. The molecule has 1 aromatic carbocycles. The van der Waals surface area contributed by atoms with Crippen LogP contribution in [0, 0.1) is 0 Å². The molecular formula is C15H11ClCuN3O2. The number of fused-ring (bicyclic) bond motifs is 1. The molecule has 116 valence electrons. The van der Waals surface area contributed by atoms with E-state index >= 15 is 0 Å². The van der Waals surface area contributed by atoms with Crippen LogP contribution in [0.5, 0.6) is 5.88 Å². The van der Waals surface area contributed by atoms with Crippen molar-refractivity contribution in [3.05, 3.63) is 60.3 Å². The molecule has 2 aromatic rings. The van der Waals surface area contributed by atoms with Crippen molar-refractivity contribution in [3.8, 4) is 5.88 Å². The molecule has 3 rings (SSSR count). The summed E-state index contributed by atoms with van der Waals surface area (Å²) in [6.07, 6.45) is 7.93. The fourth-order valence-electron chi connectivity index (χ4n) is 1.95. The van der Waals surface area contributed by atoms with E-state index in [9.17, 15) is 9.90 Å². The van der Waals surface area contributed by atoms with Crippen LogP contribution in [0.15, 0.2) is 70.6 Å². The van der Waals surface area contributed by atoms with Gasteiger partial charge in [0.15, 0.2) is 11.5 Å². The Morgan fingerprint density at radius 1 is 1.18 bits per heavy atom. The molecule has 1 aliphatic carbocycles. The molecule has 0 unspecified atom stereocenters. The molecule has 5 nitrogen and oxygen atoms in total. The van der Waals surface area contributed by atoms with E-state index in [4.69, 9.17) is 0 Å². The zero-order valence-electron chi connectivity index (χ0n) is 11.1. The molecule has 22 heavy (non-hydrogen) atoms. The first-order valence-corrected chi connectivity index (χ1v) is 7.46. The van der Waals surface area contributed by atoms with Crippen molar-refractivity contribution in [3.63, 3.8) is 0 Å². The van der Waals surface area contributed by atoms with Gasteiger partial charge in [0.25, 0.3) is 0 Å². The number of para-hydroxylation sites is 1. The minimum absolute atomic E-state index is 0.0428. The van der Waals surface area contributed by atoms with E-state index in [1.807, 2.05) is 24.3 Å². The fraction of sp³-hybridized carbons (Fsp3) is 0. The predicted molar refractivity (Wildman–Crippen MR) is 81.7 cm³/mol. The van der Waals surface area contributed by atoms with Crippen LogP contribution < -0.4 is 0 Å². The molecule has 7 heteroatoms. The van der Waals surface area contributed by atoms with Crippen molar-refractivity contribution in [2.45, 2.75) is 0 Å². The van der Waals surface area contributed by atoms with Gasteiger partial charge >= 0.3 is 25.2 Å². The van der Waals surface area contributed by atoms with Crippen molar-refractivity contribution in [2.24, 2.45) is 10.2 Å². The van der Waals surface area contributed by atoms with Gasteiger partial charge in [0.05, 0.1) is 11.7 Å². The number of allylic oxidation sites excluding steroid dienone is 5. The van der Waals surface area contributed by atoms with Gasteiger partial charge in [-0.3, -0.25) is 4.79 Å². The molecule has 0 bridgehead atoms. The van der Waals surface area contributed by atoms with Crippen molar-refractivity contribution >= 4 is 32.5 Å². The third-order valence-corrected chi connectivity index (χ3v) is 2.93. The van der Waals surface area contributed by atoms with Gasteiger partial charge in [0.1, 0.15) is 0 Å². The summed E-state index contributed by atoms with van der Waals surface area (Å²) in [5.74, 6) is -0.159. The quantitative estimate of drug-likeness (QED) is 0.475. The Labute approximate surface area is 139 Å². The molecule has 0 saturated heterocycles. The zero-order valence-corrected chi connectivity index (χ0v) is 12.8. The van der Waals surface area contributed by atoms with E-state index < -0.39 is 0 Å². The summed E-state index contributed by atoms with van der Waals surface area (Å²) in [5.41, 5.74) is 1.60. The Morgan fingerprint density at radius 2 is 1.91 bits per heavy atom. The van der Waals surface area contributed by atoms with Crippen molar-refractivity contribution < 1.29 is 25.0 Å². The summed E-state index contributed by atoms with van der Waals surface area (Å²) in [7, 11) is 4.20. The van der Waals surface area contributed by atoms with Crippen molar-refractivity contribution in [1.29, 1.82) is 0 Å². The van der Waals surface area contributed by atoms with Crippen LogP contribution in [-0.2, 0) is 19.9 Å². The number of rotatable bonds is 2. The normalized spacial score (nSPS) is 15.6. The standard InChI is InChI=1S/C15H11N3O2.ClH.Cu/c19-13-8-4-1-5-10(13)9-16-18-14-11-6-2-3-7-12(11)17-15(14)20;;/h1-9,17,20H;1H;/q;;+1/p-1/b10-9-,18-16?;;. The maximum absolute atomic E-state index is 11.5. The van der Waals surface area contributed by atoms with E-state index in [2.05, 4.69) is 40.4 Å². The molecule has 0 aliphatic heterocycles. The van der Waals surface area contributed by atoms with E-state index in [0.29, 0.717) is 11.3 Å². The molecule has 0 amide bonds. The van der Waals surface area contributed by atoms with Gasteiger partial charge in [-0.2, -0.15) is 5.11 Å². The minimum atomic E-state index is -0.116. The van der Waals surface area contributed by atoms with Gasteiger partial charge in [-0.1, -0.05) is 30.4 Å². The molecule has 0 spiro atoms. The fourth-order valence-corrected chi connectivity index (χ4v) is 1.95. The molecule has 1 heterocycles. The number of nitrogens with zero attached hydrogens (tertiary/aromatic N) is 2. The van der Waals surface area contributed by atoms with Crippen LogP contribution in [0.25, 0.3) is 10.9 Å². The summed E-state index contributed by atoms with van der Waals surface area (Å²) in [6, 6.07) is 7.39. The average Bonchev–Trinajstić information content (AvgIpc) is 2.87. The molecular weight excluding hydrogens is 353 g/mol. The maximum atomic E-state index is 11.5. The van der Waals surface area contributed by atoms with Crippen LogP contribution >= 0.6 is 10.1 Å². The van der Waals surface area contributed by atoms with E-state index in [1.54, 1.807) is 18.2 Å². The van der Waals surface area contributed by atoms with Gasteiger partial charge in [-0.15, -0.1) is 5.11 Å². The summed E-state index contributed by atoms with van der Waals surface area (Å²) < 4.78 is 0. The van der Waals surface area contributed by atoms with E-state index in [0.717, 1.165) is 10.9 Å². The van der Waals surface area contributed by atoms with Gasteiger partial charge in [0.2, 0.25) is 5.88 Å². The Morgan fingerprint density at radius 3 is 2.68 bits per heavy atom. The number of benzene rings is 1. The van der Waals surface area contributed by atoms with Gasteiger partial charge in [-0.25, -0.2) is 0 Å². The number of ketones is 1. The van der Waals surface area contributed by atoms with Gasteiger partial charge < -0.3 is 10.1 Å².